The van der Waals surface area contributed by atoms with Crippen LogP contribution in [0.1, 0.15) is 18.5 Å². The fraction of sp³-hybridized carbons (Fsp3) is 0.211. The van der Waals surface area contributed by atoms with E-state index >= 15 is 0 Å². The molecule has 3 rings (SSSR count). The number of rotatable bonds is 5. The number of para-hydroxylation sites is 2. The minimum Gasteiger partial charge on any atom is -0.497 e. The number of nitrogens with zero attached hydrogens (tertiary/aromatic N) is 2. The summed E-state index contributed by atoms with van der Waals surface area (Å²) in [5.41, 5.74) is 1.98. The number of carbonyl (C=O) groups excluding carboxylic acids is 1. The van der Waals surface area contributed by atoms with Crippen LogP contribution in [0.4, 0.5) is 0 Å². The highest BCUT2D eigenvalue weighted by atomic mass is 16.5. The van der Waals surface area contributed by atoms with E-state index in [0.717, 1.165) is 11.3 Å². The SMILES string of the molecule is COc1ccc(C(C)NC(=O)Cn2c(=O)cnc3ccccc32)cc1. The van der Waals surface area contributed by atoms with Crippen LogP contribution < -0.4 is 15.6 Å². The molecule has 6 nitrogen and oxygen atoms in total. The normalized spacial score (nSPS) is 11.9. The highest BCUT2D eigenvalue weighted by molar-refractivity contribution is 5.80. The fourth-order valence-corrected chi connectivity index (χ4v) is 2.68. The molecule has 1 atom stereocenters. The number of fused-ring (bicyclic) bond motifs is 1. The van der Waals surface area contributed by atoms with Gasteiger partial charge in [0.05, 0.1) is 30.4 Å². The Balaban J connectivity index is 1.76. The van der Waals surface area contributed by atoms with E-state index in [2.05, 4.69) is 10.3 Å². The molecule has 1 N–H and O–H groups in total. The Hall–Kier alpha value is -3.15. The molecule has 1 heterocycles. The average molecular weight is 337 g/mol. The van der Waals surface area contributed by atoms with Gasteiger partial charge in [-0.2, -0.15) is 0 Å². The molecule has 1 unspecified atom stereocenters. The van der Waals surface area contributed by atoms with Gasteiger partial charge < -0.3 is 10.1 Å². The standard InChI is InChI=1S/C19H19N3O3/c1-13(14-7-9-15(25-2)10-8-14)21-18(23)12-22-17-6-4-3-5-16(17)20-11-19(22)24/h3-11,13H,12H2,1-2H3,(H,21,23). The summed E-state index contributed by atoms with van der Waals surface area (Å²) < 4.78 is 6.56. The number of hydrogen-bond acceptors (Lipinski definition) is 4. The van der Waals surface area contributed by atoms with Gasteiger partial charge in [0.25, 0.3) is 5.56 Å². The number of nitrogens with one attached hydrogen (secondary N) is 1. The molecule has 6 heteroatoms. The molecule has 1 amide bonds. The first-order valence-electron chi connectivity index (χ1n) is 7.96. The summed E-state index contributed by atoms with van der Waals surface area (Å²) in [6, 6.07) is 14.6. The third-order valence-corrected chi connectivity index (χ3v) is 4.05. The topological polar surface area (TPSA) is 73.2 Å². The second kappa shape index (κ2) is 7.17. The third-order valence-electron chi connectivity index (χ3n) is 4.05. The lowest BCUT2D eigenvalue weighted by molar-refractivity contribution is -0.122. The van der Waals surface area contributed by atoms with Crippen molar-refractivity contribution in [3.8, 4) is 5.75 Å². The van der Waals surface area contributed by atoms with Gasteiger partial charge in [0, 0.05) is 0 Å². The van der Waals surface area contributed by atoms with Crippen LogP contribution in [0.15, 0.2) is 59.5 Å². The van der Waals surface area contributed by atoms with Crippen molar-refractivity contribution >= 4 is 16.9 Å². The smallest absolute Gasteiger partial charge is 0.269 e. The van der Waals surface area contributed by atoms with Gasteiger partial charge in [0.2, 0.25) is 5.91 Å². The Kier molecular flexibility index (Phi) is 4.79. The molecular weight excluding hydrogens is 318 g/mol. The lowest BCUT2D eigenvalue weighted by Gasteiger charge is -2.16. The van der Waals surface area contributed by atoms with Gasteiger partial charge in [-0.1, -0.05) is 24.3 Å². The number of ether oxygens (including phenoxy) is 1. The van der Waals surface area contributed by atoms with Gasteiger partial charge in [-0.15, -0.1) is 0 Å². The molecule has 1 aromatic heterocycles. The van der Waals surface area contributed by atoms with Crippen molar-refractivity contribution in [1.82, 2.24) is 14.9 Å². The van der Waals surface area contributed by atoms with Gasteiger partial charge in [0.15, 0.2) is 0 Å². The van der Waals surface area contributed by atoms with Crippen LogP contribution in [0.3, 0.4) is 0 Å². The van der Waals surface area contributed by atoms with Crippen LogP contribution in [0.5, 0.6) is 5.75 Å². The van der Waals surface area contributed by atoms with E-state index < -0.39 is 0 Å². The van der Waals surface area contributed by atoms with E-state index in [1.54, 1.807) is 13.2 Å². The number of benzene rings is 2. The molecule has 2 aromatic carbocycles. The summed E-state index contributed by atoms with van der Waals surface area (Å²) in [7, 11) is 1.61. The number of methoxy groups -OCH3 is 1. The fourth-order valence-electron chi connectivity index (χ4n) is 2.68. The predicted molar refractivity (Wildman–Crippen MR) is 95.6 cm³/mol. The lowest BCUT2D eigenvalue weighted by Crippen LogP contribution is -2.34. The molecule has 0 saturated heterocycles. The maximum Gasteiger partial charge on any atom is 0.269 e. The zero-order chi connectivity index (χ0) is 17.8. The quantitative estimate of drug-likeness (QED) is 0.775. The van der Waals surface area contributed by atoms with Gasteiger partial charge in [0.1, 0.15) is 12.3 Å². The first-order valence-corrected chi connectivity index (χ1v) is 7.96. The van der Waals surface area contributed by atoms with E-state index in [1.165, 1.54) is 10.8 Å². The first kappa shape index (κ1) is 16.7. The summed E-state index contributed by atoms with van der Waals surface area (Å²) in [4.78, 5) is 28.6. The van der Waals surface area contributed by atoms with Crippen molar-refractivity contribution in [2.75, 3.05) is 7.11 Å². The van der Waals surface area contributed by atoms with E-state index in [-0.39, 0.29) is 24.1 Å². The Morgan fingerprint density at radius 3 is 2.64 bits per heavy atom. The second-order valence-electron chi connectivity index (χ2n) is 5.73. The molecule has 0 saturated carbocycles. The van der Waals surface area contributed by atoms with E-state index in [1.807, 2.05) is 49.4 Å². The van der Waals surface area contributed by atoms with Crippen molar-refractivity contribution in [2.45, 2.75) is 19.5 Å². The molecule has 25 heavy (non-hydrogen) atoms. The largest absolute Gasteiger partial charge is 0.497 e. The van der Waals surface area contributed by atoms with Crippen molar-refractivity contribution in [1.29, 1.82) is 0 Å². The molecule has 0 aliphatic carbocycles. The Labute approximate surface area is 145 Å². The zero-order valence-corrected chi connectivity index (χ0v) is 14.1. The van der Waals surface area contributed by atoms with Crippen LogP contribution in [-0.4, -0.2) is 22.6 Å². The molecule has 3 aromatic rings. The first-order chi connectivity index (χ1) is 12.1. The highest BCUT2D eigenvalue weighted by Crippen LogP contribution is 2.17. The van der Waals surface area contributed by atoms with Crippen molar-refractivity contribution < 1.29 is 9.53 Å². The van der Waals surface area contributed by atoms with E-state index in [4.69, 9.17) is 4.74 Å². The molecule has 0 radical (unpaired) electrons. The minimum absolute atomic E-state index is 0.0532. The van der Waals surface area contributed by atoms with Crippen molar-refractivity contribution in [3.63, 3.8) is 0 Å². The van der Waals surface area contributed by atoms with Crippen LogP contribution in [0, 0.1) is 0 Å². The number of amides is 1. The molecular formula is C19H19N3O3. The van der Waals surface area contributed by atoms with Gasteiger partial charge >= 0.3 is 0 Å². The maximum atomic E-state index is 12.4. The molecule has 0 spiro atoms. The molecule has 0 bridgehead atoms. The van der Waals surface area contributed by atoms with Gasteiger partial charge in [-0.3, -0.25) is 14.2 Å². The molecule has 0 fully saturated rings. The minimum atomic E-state index is -0.300. The molecule has 0 aliphatic heterocycles. The van der Waals surface area contributed by atoms with Gasteiger partial charge in [-0.05, 0) is 36.8 Å². The highest BCUT2D eigenvalue weighted by Gasteiger charge is 2.12. The second-order valence-corrected chi connectivity index (χ2v) is 5.73. The van der Waals surface area contributed by atoms with Crippen LogP contribution in [-0.2, 0) is 11.3 Å². The van der Waals surface area contributed by atoms with E-state index in [0.29, 0.717) is 11.0 Å². The van der Waals surface area contributed by atoms with E-state index in [9.17, 15) is 9.59 Å². The van der Waals surface area contributed by atoms with Crippen molar-refractivity contribution in [2.24, 2.45) is 0 Å². The Morgan fingerprint density at radius 1 is 1.20 bits per heavy atom. The number of carbonyl (C=O) groups is 1. The zero-order valence-electron chi connectivity index (χ0n) is 14.1. The van der Waals surface area contributed by atoms with Crippen LogP contribution in [0.25, 0.3) is 11.0 Å². The maximum absolute atomic E-state index is 12.4. The summed E-state index contributed by atoms with van der Waals surface area (Å²) in [5, 5.41) is 2.91. The number of aromatic nitrogens is 2. The Bertz CT molecular complexity index is 948. The third kappa shape index (κ3) is 3.68. The van der Waals surface area contributed by atoms with Crippen molar-refractivity contribution in [3.05, 3.63) is 70.6 Å². The molecule has 128 valence electrons. The number of hydrogen-bond donors (Lipinski definition) is 1. The summed E-state index contributed by atoms with van der Waals surface area (Å²) in [6.07, 6.45) is 1.24. The monoisotopic (exact) mass is 337 g/mol. The summed E-state index contributed by atoms with van der Waals surface area (Å²) >= 11 is 0. The average Bonchev–Trinajstić information content (AvgIpc) is 2.64. The molecule has 0 aliphatic rings. The van der Waals surface area contributed by atoms with Crippen LogP contribution >= 0.6 is 0 Å². The van der Waals surface area contributed by atoms with Crippen LogP contribution in [0.2, 0.25) is 0 Å². The lowest BCUT2D eigenvalue weighted by atomic mass is 10.1. The Morgan fingerprint density at radius 2 is 1.92 bits per heavy atom. The summed E-state index contributed by atoms with van der Waals surface area (Å²) in [6.45, 7) is 1.84. The summed E-state index contributed by atoms with van der Waals surface area (Å²) in [5.74, 6) is 0.527. The predicted octanol–water partition coefficient (Wildman–Crippen LogP) is 2.28. The van der Waals surface area contributed by atoms with Gasteiger partial charge in [-0.25, -0.2) is 4.98 Å².